The molecule has 3 rings (SSSR count). The number of carbonyl (C=O) groups excluding carboxylic acids is 2. The van der Waals surface area contributed by atoms with Gasteiger partial charge in [-0.25, -0.2) is 8.42 Å². The van der Waals surface area contributed by atoms with Gasteiger partial charge >= 0.3 is 0 Å². The second kappa shape index (κ2) is 13.8. The molecule has 0 saturated heterocycles. The zero-order valence-corrected chi connectivity index (χ0v) is 23.3. The Balaban J connectivity index is 1.74. The summed E-state index contributed by atoms with van der Waals surface area (Å²) in [6.07, 6.45) is 7.44. The molecular weight excluding hydrogens is 510 g/mol. The molecule has 2 amide bonds. The Hall–Kier alpha value is -2.58. The fourth-order valence-electron chi connectivity index (χ4n) is 4.85. The molecule has 0 radical (unpaired) electrons. The smallest absolute Gasteiger partial charge is 0.243 e. The number of nitrogens with zero attached hydrogens (tertiary/aromatic N) is 2. The topological polar surface area (TPSA) is 86.8 Å². The van der Waals surface area contributed by atoms with E-state index in [-0.39, 0.29) is 37.4 Å². The molecule has 1 atom stereocenters. The van der Waals surface area contributed by atoms with Gasteiger partial charge in [0.05, 0.1) is 11.9 Å². The van der Waals surface area contributed by atoms with Crippen LogP contribution in [0.15, 0.2) is 54.6 Å². The van der Waals surface area contributed by atoms with Gasteiger partial charge in [0.2, 0.25) is 21.8 Å². The monoisotopic (exact) mass is 547 g/mol. The Labute approximate surface area is 226 Å². The van der Waals surface area contributed by atoms with Gasteiger partial charge in [-0.15, -0.1) is 0 Å². The van der Waals surface area contributed by atoms with Crippen LogP contribution >= 0.6 is 11.6 Å². The van der Waals surface area contributed by atoms with Crippen molar-refractivity contribution in [3.8, 4) is 0 Å². The Bertz CT molecular complexity index is 1120. The zero-order valence-electron chi connectivity index (χ0n) is 21.7. The largest absolute Gasteiger partial charge is 0.352 e. The molecule has 1 N–H and O–H groups in total. The minimum atomic E-state index is -3.51. The first-order valence-corrected chi connectivity index (χ1v) is 15.3. The molecule has 0 spiro atoms. The van der Waals surface area contributed by atoms with E-state index >= 15 is 0 Å². The van der Waals surface area contributed by atoms with Crippen LogP contribution in [0.1, 0.15) is 63.9 Å². The van der Waals surface area contributed by atoms with Crippen molar-refractivity contribution in [2.45, 2.75) is 76.9 Å². The predicted molar refractivity (Wildman–Crippen MR) is 149 cm³/mol. The van der Waals surface area contributed by atoms with Gasteiger partial charge in [-0.1, -0.05) is 68.1 Å². The van der Waals surface area contributed by atoms with Crippen LogP contribution in [0.25, 0.3) is 0 Å². The molecule has 9 heteroatoms. The summed E-state index contributed by atoms with van der Waals surface area (Å²) in [5.74, 6) is -0.305. The summed E-state index contributed by atoms with van der Waals surface area (Å²) in [6.45, 7) is 2.36. The highest BCUT2D eigenvalue weighted by molar-refractivity contribution is 7.92. The number of halogens is 1. The lowest BCUT2D eigenvalue weighted by atomic mass is 9.95. The van der Waals surface area contributed by atoms with Gasteiger partial charge in [-0.2, -0.15) is 0 Å². The molecule has 202 valence electrons. The lowest BCUT2D eigenvalue weighted by Gasteiger charge is -2.33. The molecule has 2 aromatic rings. The molecule has 0 heterocycles. The van der Waals surface area contributed by atoms with Crippen molar-refractivity contribution in [2.24, 2.45) is 0 Å². The number of para-hydroxylation sites is 1. The van der Waals surface area contributed by atoms with Gasteiger partial charge < -0.3 is 10.2 Å². The van der Waals surface area contributed by atoms with Gasteiger partial charge in [0.1, 0.15) is 6.04 Å². The number of amides is 2. The number of sulfonamides is 1. The highest BCUT2D eigenvalue weighted by Crippen LogP contribution is 2.21. The molecule has 1 saturated carbocycles. The van der Waals surface area contributed by atoms with Gasteiger partial charge in [-0.3, -0.25) is 13.9 Å². The predicted octanol–water partition coefficient (Wildman–Crippen LogP) is 5.14. The molecule has 1 fully saturated rings. The Morgan fingerprint density at radius 3 is 2.27 bits per heavy atom. The highest BCUT2D eigenvalue weighted by Gasteiger charge is 2.30. The third-order valence-corrected chi connectivity index (χ3v) is 8.25. The van der Waals surface area contributed by atoms with Crippen molar-refractivity contribution in [3.63, 3.8) is 0 Å². The fraction of sp³-hybridized carbons (Fsp3) is 0.500. The number of hydrogen-bond acceptors (Lipinski definition) is 4. The van der Waals surface area contributed by atoms with Crippen LogP contribution < -0.4 is 9.62 Å². The summed E-state index contributed by atoms with van der Waals surface area (Å²) >= 11 is 6.05. The fourth-order valence-corrected chi connectivity index (χ4v) is 5.94. The Kier molecular flexibility index (Phi) is 10.8. The number of anilines is 1. The van der Waals surface area contributed by atoms with Crippen molar-refractivity contribution in [3.05, 3.63) is 65.2 Å². The molecule has 2 aromatic carbocycles. The maximum Gasteiger partial charge on any atom is 0.243 e. The summed E-state index contributed by atoms with van der Waals surface area (Å²) in [7, 11) is -3.51. The first-order valence-electron chi connectivity index (χ1n) is 13.1. The van der Waals surface area contributed by atoms with Gasteiger partial charge in [0, 0.05) is 30.6 Å². The SMILES string of the molecule is CC[C@@H](C(=O)NC1CCCCC1)N(Cc1ccc(Cl)cc1)C(=O)CCCN(c1ccccc1)S(C)(=O)=O. The molecule has 0 bridgehead atoms. The third kappa shape index (κ3) is 8.75. The lowest BCUT2D eigenvalue weighted by Crippen LogP contribution is -2.51. The van der Waals surface area contributed by atoms with Crippen LogP contribution in [0.2, 0.25) is 5.02 Å². The van der Waals surface area contributed by atoms with E-state index in [1.165, 1.54) is 10.7 Å². The van der Waals surface area contributed by atoms with Crippen LogP contribution in [-0.2, 0) is 26.2 Å². The maximum absolute atomic E-state index is 13.5. The Morgan fingerprint density at radius 1 is 1.03 bits per heavy atom. The second-order valence-electron chi connectivity index (χ2n) is 9.69. The quantitative estimate of drug-likeness (QED) is 0.398. The van der Waals surface area contributed by atoms with Gasteiger partial charge in [-0.05, 0) is 55.5 Å². The van der Waals surface area contributed by atoms with E-state index in [2.05, 4.69) is 5.32 Å². The van der Waals surface area contributed by atoms with E-state index in [4.69, 9.17) is 11.6 Å². The average Bonchev–Trinajstić information content (AvgIpc) is 2.88. The van der Waals surface area contributed by atoms with Gasteiger partial charge in [0.25, 0.3) is 0 Å². The minimum Gasteiger partial charge on any atom is -0.352 e. The minimum absolute atomic E-state index is 0.125. The van der Waals surface area contributed by atoms with Crippen molar-refractivity contribution in [1.29, 1.82) is 0 Å². The van der Waals surface area contributed by atoms with Crippen molar-refractivity contribution >= 4 is 39.1 Å². The summed E-state index contributed by atoms with van der Waals surface area (Å²) in [6, 6.07) is 15.7. The second-order valence-corrected chi connectivity index (χ2v) is 12.0. The summed E-state index contributed by atoms with van der Waals surface area (Å²) in [5.41, 5.74) is 1.44. The van der Waals surface area contributed by atoms with E-state index in [0.29, 0.717) is 23.6 Å². The van der Waals surface area contributed by atoms with E-state index in [1.807, 2.05) is 25.1 Å². The van der Waals surface area contributed by atoms with Crippen LogP contribution in [0.3, 0.4) is 0 Å². The number of rotatable bonds is 12. The first-order chi connectivity index (χ1) is 17.7. The van der Waals surface area contributed by atoms with E-state index in [0.717, 1.165) is 37.5 Å². The maximum atomic E-state index is 13.5. The summed E-state index contributed by atoms with van der Waals surface area (Å²) < 4.78 is 26.1. The molecule has 0 unspecified atom stereocenters. The highest BCUT2D eigenvalue weighted by atomic mass is 35.5. The number of hydrogen-bond donors (Lipinski definition) is 1. The molecule has 1 aliphatic carbocycles. The zero-order chi connectivity index (χ0) is 26.8. The van der Waals surface area contributed by atoms with Crippen LogP contribution in [-0.4, -0.2) is 50.0 Å². The van der Waals surface area contributed by atoms with Crippen molar-refractivity contribution in [2.75, 3.05) is 17.1 Å². The van der Waals surface area contributed by atoms with Crippen molar-refractivity contribution in [1.82, 2.24) is 10.2 Å². The first kappa shape index (κ1) is 29.0. The standard InChI is InChI=1S/C28H38ClN3O4S/c1-3-26(28(34)30-24-11-6-4-7-12-24)31(21-22-16-18-23(29)19-17-22)27(33)15-10-20-32(37(2,35)36)25-13-8-5-9-14-25/h5,8-9,13-14,16-19,24,26H,3-4,6-7,10-12,15,20-21H2,1-2H3,(H,30,34)/t26-/m0/s1. The molecule has 7 nitrogen and oxygen atoms in total. The summed E-state index contributed by atoms with van der Waals surface area (Å²) in [4.78, 5) is 28.5. The van der Waals surface area contributed by atoms with Crippen LogP contribution in [0.4, 0.5) is 5.69 Å². The third-order valence-electron chi connectivity index (χ3n) is 6.80. The number of carbonyl (C=O) groups is 2. The molecule has 37 heavy (non-hydrogen) atoms. The number of benzene rings is 2. The molecule has 0 aromatic heterocycles. The molecule has 1 aliphatic rings. The Morgan fingerprint density at radius 2 is 1.68 bits per heavy atom. The molecule has 0 aliphatic heterocycles. The lowest BCUT2D eigenvalue weighted by molar-refractivity contribution is -0.141. The van der Waals surface area contributed by atoms with E-state index in [1.54, 1.807) is 41.3 Å². The van der Waals surface area contributed by atoms with Crippen molar-refractivity contribution < 1.29 is 18.0 Å². The van der Waals surface area contributed by atoms with Crippen LogP contribution in [0, 0.1) is 0 Å². The normalized spacial score (nSPS) is 15.1. The van der Waals surface area contributed by atoms with Crippen LogP contribution in [0.5, 0.6) is 0 Å². The average molecular weight is 548 g/mol. The summed E-state index contributed by atoms with van der Waals surface area (Å²) in [5, 5.41) is 3.78. The van der Waals surface area contributed by atoms with E-state index < -0.39 is 16.1 Å². The van der Waals surface area contributed by atoms with Gasteiger partial charge in [0.15, 0.2) is 0 Å². The van der Waals surface area contributed by atoms with E-state index in [9.17, 15) is 18.0 Å². The molecular formula is C28H38ClN3O4S. The number of nitrogens with one attached hydrogen (secondary N) is 1.